The standard InChI is InChI=1S/C17H9F3N4O2S3/c18-17(19,20)12-11(14(25)26)28-16(21-12)29-15-23-22-13(10-7-4-8-27-10)24(15)9-5-2-1-3-6-9/h1-8H,(H,25,26). The molecule has 0 aliphatic carbocycles. The molecule has 0 saturated carbocycles. The molecule has 0 spiro atoms. The van der Waals surface area contributed by atoms with Gasteiger partial charge in [-0.3, -0.25) is 4.57 Å². The highest BCUT2D eigenvalue weighted by atomic mass is 32.2. The van der Waals surface area contributed by atoms with Gasteiger partial charge in [0, 0.05) is 5.69 Å². The summed E-state index contributed by atoms with van der Waals surface area (Å²) in [6, 6.07) is 12.8. The lowest BCUT2D eigenvalue weighted by atomic mass is 10.3. The number of carboxylic acid groups (broad SMARTS) is 1. The summed E-state index contributed by atoms with van der Waals surface area (Å²) >= 11 is 2.73. The third-order valence-corrected chi connectivity index (χ3v) is 6.55. The third-order valence-electron chi connectivity index (χ3n) is 3.64. The number of benzene rings is 1. The predicted molar refractivity (Wildman–Crippen MR) is 103 cm³/mol. The number of aromatic nitrogens is 4. The highest BCUT2D eigenvalue weighted by Gasteiger charge is 2.40. The lowest BCUT2D eigenvalue weighted by Crippen LogP contribution is -2.11. The van der Waals surface area contributed by atoms with Crippen LogP contribution in [0.2, 0.25) is 0 Å². The molecule has 3 aromatic heterocycles. The van der Waals surface area contributed by atoms with Gasteiger partial charge in [-0.05, 0) is 35.3 Å². The van der Waals surface area contributed by atoms with Crippen LogP contribution >= 0.6 is 34.4 Å². The molecule has 6 nitrogen and oxygen atoms in total. The number of para-hydroxylation sites is 1. The summed E-state index contributed by atoms with van der Waals surface area (Å²) in [5.41, 5.74) is -0.698. The first-order chi connectivity index (χ1) is 13.8. The van der Waals surface area contributed by atoms with Crippen molar-refractivity contribution in [3.05, 3.63) is 58.4 Å². The number of hydrogen-bond acceptors (Lipinski definition) is 7. The number of alkyl halides is 3. The molecule has 0 saturated heterocycles. The molecule has 4 aromatic rings. The lowest BCUT2D eigenvalue weighted by molar-refractivity contribution is -0.141. The minimum atomic E-state index is -4.86. The van der Waals surface area contributed by atoms with Gasteiger partial charge < -0.3 is 5.11 Å². The van der Waals surface area contributed by atoms with E-state index >= 15 is 0 Å². The summed E-state index contributed by atoms with van der Waals surface area (Å²) in [5, 5.41) is 19.5. The van der Waals surface area contributed by atoms with Gasteiger partial charge in [-0.1, -0.05) is 35.6 Å². The summed E-state index contributed by atoms with van der Waals surface area (Å²) in [6.07, 6.45) is -4.86. The molecular weight excluding hydrogens is 445 g/mol. The van der Waals surface area contributed by atoms with E-state index in [1.165, 1.54) is 11.3 Å². The first kappa shape index (κ1) is 19.6. The fraction of sp³-hybridized carbons (Fsp3) is 0.0588. The van der Waals surface area contributed by atoms with Crippen LogP contribution in [-0.4, -0.2) is 30.8 Å². The summed E-state index contributed by atoms with van der Waals surface area (Å²) in [7, 11) is 0. The molecule has 0 bridgehead atoms. The molecule has 29 heavy (non-hydrogen) atoms. The van der Waals surface area contributed by atoms with Crippen molar-refractivity contribution in [2.24, 2.45) is 0 Å². The van der Waals surface area contributed by atoms with Crippen molar-refractivity contribution in [3.8, 4) is 16.4 Å². The average Bonchev–Trinajstić information content (AvgIpc) is 3.41. The van der Waals surface area contributed by atoms with Gasteiger partial charge >= 0.3 is 12.1 Å². The molecule has 148 valence electrons. The molecule has 3 heterocycles. The fourth-order valence-electron chi connectivity index (χ4n) is 2.47. The Hall–Kier alpha value is -2.70. The molecule has 4 rings (SSSR count). The quantitative estimate of drug-likeness (QED) is 0.440. The first-order valence-corrected chi connectivity index (χ1v) is 10.4. The fourth-order valence-corrected chi connectivity index (χ4v) is 5.12. The van der Waals surface area contributed by atoms with E-state index in [1.54, 1.807) is 4.57 Å². The van der Waals surface area contributed by atoms with E-state index in [0.717, 1.165) is 22.3 Å². The van der Waals surface area contributed by atoms with E-state index in [2.05, 4.69) is 15.2 Å². The van der Waals surface area contributed by atoms with Crippen molar-refractivity contribution in [1.29, 1.82) is 0 Å². The molecule has 0 aliphatic heterocycles. The van der Waals surface area contributed by atoms with Crippen LogP contribution in [0.25, 0.3) is 16.4 Å². The van der Waals surface area contributed by atoms with E-state index < -0.39 is 22.7 Å². The van der Waals surface area contributed by atoms with Gasteiger partial charge in [0.15, 0.2) is 15.9 Å². The maximum Gasteiger partial charge on any atom is 0.435 e. The summed E-state index contributed by atoms with van der Waals surface area (Å²) in [4.78, 5) is 14.7. The first-order valence-electron chi connectivity index (χ1n) is 7.88. The van der Waals surface area contributed by atoms with Crippen molar-refractivity contribution in [1.82, 2.24) is 19.7 Å². The van der Waals surface area contributed by atoms with Crippen molar-refractivity contribution >= 4 is 40.4 Å². The van der Waals surface area contributed by atoms with Crippen LogP contribution < -0.4 is 0 Å². The Morgan fingerprint density at radius 1 is 1.10 bits per heavy atom. The smallest absolute Gasteiger partial charge is 0.435 e. The molecule has 12 heteroatoms. The number of thiazole rings is 1. The van der Waals surface area contributed by atoms with Crippen molar-refractivity contribution in [2.75, 3.05) is 0 Å². The maximum absolute atomic E-state index is 13.1. The van der Waals surface area contributed by atoms with Gasteiger partial charge in [-0.2, -0.15) is 13.2 Å². The normalized spacial score (nSPS) is 11.7. The molecule has 0 amide bonds. The van der Waals surface area contributed by atoms with E-state index in [9.17, 15) is 18.0 Å². The minimum Gasteiger partial charge on any atom is -0.477 e. The Kier molecular flexibility index (Phi) is 5.15. The Morgan fingerprint density at radius 2 is 1.86 bits per heavy atom. The van der Waals surface area contributed by atoms with Crippen molar-refractivity contribution < 1.29 is 23.1 Å². The monoisotopic (exact) mass is 454 g/mol. The zero-order chi connectivity index (χ0) is 20.6. The zero-order valence-electron chi connectivity index (χ0n) is 14.1. The Labute approximate surface area is 173 Å². The van der Waals surface area contributed by atoms with Crippen molar-refractivity contribution in [2.45, 2.75) is 15.7 Å². The van der Waals surface area contributed by atoms with E-state index in [-0.39, 0.29) is 9.50 Å². The zero-order valence-corrected chi connectivity index (χ0v) is 16.6. The molecule has 1 aromatic carbocycles. The van der Waals surface area contributed by atoms with Crippen LogP contribution in [0, 0.1) is 0 Å². The summed E-state index contributed by atoms with van der Waals surface area (Å²) in [5.74, 6) is -1.15. The number of thiophene rings is 1. The highest BCUT2D eigenvalue weighted by Crippen LogP contribution is 2.40. The molecule has 1 N–H and O–H groups in total. The SMILES string of the molecule is O=C(O)c1sc(Sc2nnc(-c3cccs3)n2-c2ccccc2)nc1C(F)(F)F. The van der Waals surface area contributed by atoms with Gasteiger partial charge in [-0.15, -0.1) is 21.5 Å². The van der Waals surface area contributed by atoms with Gasteiger partial charge in [0.1, 0.15) is 4.88 Å². The summed E-state index contributed by atoms with van der Waals surface area (Å²) < 4.78 is 41.0. The van der Waals surface area contributed by atoms with Crippen LogP contribution in [0.5, 0.6) is 0 Å². The number of aromatic carboxylic acids is 1. The van der Waals surface area contributed by atoms with Gasteiger partial charge in [0.2, 0.25) is 5.16 Å². The Morgan fingerprint density at radius 3 is 2.45 bits per heavy atom. The van der Waals surface area contributed by atoms with Crippen LogP contribution in [0.15, 0.2) is 57.3 Å². The second-order valence-corrected chi connectivity index (χ2v) is 8.68. The van der Waals surface area contributed by atoms with Crippen LogP contribution in [0.3, 0.4) is 0 Å². The molecular formula is C17H9F3N4O2S3. The van der Waals surface area contributed by atoms with Crippen LogP contribution in [0.4, 0.5) is 13.2 Å². The van der Waals surface area contributed by atoms with E-state index in [0.29, 0.717) is 17.2 Å². The molecule has 0 aliphatic rings. The number of carbonyl (C=O) groups is 1. The number of rotatable bonds is 5. The number of carboxylic acids is 1. The second kappa shape index (κ2) is 7.61. The molecule has 0 unspecified atom stereocenters. The Bertz CT molecular complexity index is 1150. The number of halogens is 3. The van der Waals surface area contributed by atoms with Crippen molar-refractivity contribution in [3.63, 3.8) is 0 Å². The second-order valence-electron chi connectivity index (χ2n) is 5.52. The molecule has 0 radical (unpaired) electrons. The molecule has 0 atom stereocenters. The minimum absolute atomic E-state index is 0.0861. The van der Waals surface area contributed by atoms with Crippen LogP contribution in [0.1, 0.15) is 15.4 Å². The van der Waals surface area contributed by atoms with Gasteiger partial charge in [0.25, 0.3) is 0 Å². The van der Waals surface area contributed by atoms with E-state index in [1.807, 2.05) is 47.8 Å². The highest BCUT2D eigenvalue weighted by molar-refractivity contribution is 8.00. The molecule has 0 fully saturated rings. The van der Waals surface area contributed by atoms with Gasteiger partial charge in [0.05, 0.1) is 4.88 Å². The maximum atomic E-state index is 13.1. The topological polar surface area (TPSA) is 80.9 Å². The van der Waals surface area contributed by atoms with Crippen LogP contribution in [-0.2, 0) is 6.18 Å². The number of hydrogen-bond donors (Lipinski definition) is 1. The Balaban J connectivity index is 1.80. The average molecular weight is 454 g/mol. The largest absolute Gasteiger partial charge is 0.477 e. The third kappa shape index (κ3) is 3.91. The lowest BCUT2D eigenvalue weighted by Gasteiger charge is -2.08. The number of nitrogens with zero attached hydrogens (tertiary/aromatic N) is 4. The predicted octanol–water partition coefficient (Wildman–Crippen LogP) is 5.32. The van der Waals surface area contributed by atoms with E-state index in [4.69, 9.17) is 5.11 Å². The van der Waals surface area contributed by atoms with Gasteiger partial charge in [-0.25, -0.2) is 9.78 Å². The summed E-state index contributed by atoms with van der Waals surface area (Å²) in [6.45, 7) is 0.